The minimum atomic E-state index is -0.614. The van der Waals surface area contributed by atoms with Gasteiger partial charge in [0.25, 0.3) is 0 Å². The second kappa shape index (κ2) is 13.4. The quantitative estimate of drug-likeness (QED) is 0.176. The third kappa shape index (κ3) is 5.27. The van der Waals surface area contributed by atoms with Gasteiger partial charge in [0.05, 0.1) is 17.0 Å². The Hall–Kier alpha value is -7.94. The average molecular weight is 741 g/mol. The van der Waals surface area contributed by atoms with Gasteiger partial charge in [-0.05, 0) is 74.8 Å². The maximum Gasteiger partial charge on any atom is 0.164 e. The summed E-state index contributed by atoms with van der Waals surface area (Å²) in [5.41, 5.74) is 13.8. The van der Waals surface area contributed by atoms with E-state index < -0.39 is 5.41 Å². The first-order valence-electron chi connectivity index (χ1n) is 19.3. The van der Waals surface area contributed by atoms with Gasteiger partial charge in [0, 0.05) is 27.8 Å². The number of benzene rings is 8. The summed E-state index contributed by atoms with van der Waals surface area (Å²) in [6.45, 7) is 0. The number of hydrogen-bond donors (Lipinski definition) is 0. The highest BCUT2D eigenvalue weighted by Crippen LogP contribution is 2.62. The van der Waals surface area contributed by atoms with E-state index in [1.54, 1.807) is 0 Å². The molecule has 0 atom stereocenters. The Morgan fingerprint density at radius 1 is 0.362 bits per heavy atom. The molecule has 0 radical (unpaired) electrons. The largest absolute Gasteiger partial charge is 0.457 e. The molecule has 0 bridgehead atoms. The van der Waals surface area contributed by atoms with E-state index in [1.807, 2.05) is 72.8 Å². The van der Waals surface area contributed by atoms with Gasteiger partial charge in [0.15, 0.2) is 17.5 Å². The highest BCUT2D eigenvalue weighted by atomic mass is 16.5. The first kappa shape index (κ1) is 33.4. The number of ether oxygens (including phenoxy) is 1. The maximum absolute atomic E-state index is 9.92. The van der Waals surface area contributed by atoms with Crippen LogP contribution in [0.3, 0.4) is 0 Å². The fraction of sp³-hybridized carbons (Fsp3) is 0.0189. The first-order valence-corrected chi connectivity index (χ1v) is 19.3. The first-order chi connectivity index (χ1) is 28.7. The van der Waals surface area contributed by atoms with Crippen LogP contribution >= 0.6 is 0 Å². The summed E-state index contributed by atoms with van der Waals surface area (Å²) in [4.78, 5) is 15.1. The lowest BCUT2D eigenvalue weighted by Crippen LogP contribution is -2.32. The Bertz CT molecular complexity index is 3070. The van der Waals surface area contributed by atoms with Crippen LogP contribution in [0.1, 0.15) is 27.8 Å². The van der Waals surface area contributed by atoms with E-state index in [-0.39, 0.29) is 0 Å². The summed E-state index contributed by atoms with van der Waals surface area (Å²) in [7, 11) is 0. The molecular weight excluding hydrogens is 709 g/mol. The fourth-order valence-electron chi connectivity index (χ4n) is 8.82. The number of aromatic nitrogens is 3. The fourth-order valence-corrected chi connectivity index (χ4v) is 8.82. The topological polar surface area (TPSA) is 71.7 Å². The molecule has 5 nitrogen and oxygen atoms in total. The monoisotopic (exact) mass is 740 g/mol. The second-order valence-electron chi connectivity index (χ2n) is 14.7. The van der Waals surface area contributed by atoms with Gasteiger partial charge in [0.2, 0.25) is 0 Å². The highest BCUT2D eigenvalue weighted by molar-refractivity contribution is 5.89. The Morgan fingerprint density at radius 2 is 0.810 bits per heavy atom. The second-order valence-corrected chi connectivity index (χ2v) is 14.7. The molecule has 11 rings (SSSR count). The predicted octanol–water partition coefficient (Wildman–Crippen LogP) is 12.5. The van der Waals surface area contributed by atoms with Crippen molar-refractivity contribution < 1.29 is 4.74 Å². The minimum absolute atomic E-state index is 0.555. The van der Waals surface area contributed by atoms with Gasteiger partial charge in [-0.3, -0.25) is 0 Å². The molecule has 5 heteroatoms. The third-order valence-electron chi connectivity index (χ3n) is 11.4. The van der Waals surface area contributed by atoms with Gasteiger partial charge in [-0.1, -0.05) is 164 Å². The highest BCUT2D eigenvalue weighted by Gasteiger charge is 2.51. The summed E-state index contributed by atoms with van der Waals surface area (Å²) >= 11 is 0. The van der Waals surface area contributed by atoms with Crippen LogP contribution in [0.4, 0.5) is 0 Å². The lowest BCUT2D eigenvalue weighted by atomic mass is 9.66. The smallest absolute Gasteiger partial charge is 0.164 e. The molecule has 0 N–H and O–H groups in total. The van der Waals surface area contributed by atoms with E-state index in [9.17, 15) is 5.26 Å². The van der Waals surface area contributed by atoms with Crippen molar-refractivity contribution in [2.75, 3.05) is 0 Å². The molecule has 58 heavy (non-hydrogen) atoms. The van der Waals surface area contributed by atoms with Crippen molar-refractivity contribution in [2.24, 2.45) is 0 Å². The van der Waals surface area contributed by atoms with Crippen LogP contribution in [0.5, 0.6) is 11.5 Å². The van der Waals surface area contributed by atoms with Crippen LogP contribution in [0.15, 0.2) is 194 Å². The van der Waals surface area contributed by atoms with Crippen molar-refractivity contribution in [2.45, 2.75) is 5.41 Å². The summed E-state index contributed by atoms with van der Waals surface area (Å²) in [6, 6.07) is 69.1. The van der Waals surface area contributed by atoms with Crippen molar-refractivity contribution in [3.8, 4) is 85.1 Å². The van der Waals surface area contributed by atoms with E-state index in [4.69, 9.17) is 19.7 Å². The van der Waals surface area contributed by atoms with E-state index in [0.717, 1.165) is 55.8 Å². The van der Waals surface area contributed by atoms with Gasteiger partial charge in [-0.25, -0.2) is 15.0 Å². The van der Waals surface area contributed by atoms with E-state index in [0.29, 0.717) is 28.8 Å². The number of hydrogen-bond acceptors (Lipinski definition) is 5. The number of nitrogens with zero attached hydrogens (tertiary/aromatic N) is 4. The van der Waals surface area contributed by atoms with Crippen molar-refractivity contribution in [3.63, 3.8) is 0 Å². The van der Waals surface area contributed by atoms with Gasteiger partial charge >= 0.3 is 0 Å². The molecule has 0 amide bonds. The average Bonchev–Trinajstić information content (AvgIpc) is 3.59. The molecule has 0 saturated carbocycles. The van der Waals surface area contributed by atoms with E-state index >= 15 is 0 Å². The van der Waals surface area contributed by atoms with Gasteiger partial charge in [0.1, 0.15) is 11.5 Å². The van der Waals surface area contributed by atoms with Crippen LogP contribution in [0.2, 0.25) is 0 Å². The third-order valence-corrected chi connectivity index (χ3v) is 11.4. The Labute approximate surface area is 336 Å². The molecule has 1 aliphatic heterocycles. The van der Waals surface area contributed by atoms with Crippen LogP contribution in [-0.2, 0) is 5.41 Å². The zero-order valence-electron chi connectivity index (χ0n) is 31.2. The molecular formula is C53H32N4O. The number of nitriles is 1. The zero-order valence-corrected chi connectivity index (χ0v) is 31.2. The van der Waals surface area contributed by atoms with Crippen LogP contribution in [0, 0.1) is 11.3 Å². The van der Waals surface area contributed by atoms with E-state index in [2.05, 4.69) is 127 Å². The molecule has 0 fully saturated rings. The molecule has 270 valence electrons. The van der Waals surface area contributed by atoms with Crippen molar-refractivity contribution >= 4 is 0 Å². The van der Waals surface area contributed by atoms with Crippen LogP contribution in [0.25, 0.3) is 67.5 Å². The van der Waals surface area contributed by atoms with Crippen molar-refractivity contribution in [1.29, 1.82) is 5.26 Å². The standard InChI is InChI=1S/C53H32N4O/c54-33-34-25-27-46-48(29-34)58-49-32-39(26-28-47(49)53(46)44-23-9-7-21-42(44)43-22-8-10-24-45(43)53)38-18-12-20-41(31-38)52-56-50(36-15-5-2-6-16-36)55-51(57-52)40-19-11-17-37(30-40)35-13-3-1-4-14-35/h1-32H. The van der Waals surface area contributed by atoms with Crippen LogP contribution < -0.4 is 4.74 Å². The summed E-state index contributed by atoms with van der Waals surface area (Å²) < 4.78 is 6.80. The van der Waals surface area contributed by atoms with Gasteiger partial charge in [-0.15, -0.1) is 0 Å². The van der Waals surface area contributed by atoms with Crippen molar-refractivity contribution in [1.82, 2.24) is 15.0 Å². The number of fused-ring (bicyclic) bond motifs is 9. The Balaban J connectivity index is 1.05. The normalized spacial score (nSPS) is 12.7. The molecule has 1 aliphatic carbocycles. The number of rotatable bonds is 5. The lowest BCUT2D eigenvalue weighted by molar-refractivity contribution is 0.436. The Morgan fingerprint density at radius 3 is 1.41 bits per heavy atom. The molecule has 0 saturated heterocycles. The molecule has 0 unspecified atom stereocenters. The lowest BCUT2D eigenvalue weighted by Gasteiger charge is -2.39. The maximum atomic E-state index is 9.92. The van der Waals surface area contributed by atoms with Gasteiger partial charge < -0.3 is 4.74 Å². The SMILES string of the molecule is N#Cc1ccc2c(c1)Oc1cc(-c3cccc(-c4nc(-c5ccccc5)nc(-c5cccc(-c6ccccc6)c5)n4)c3)ccc1C21c2ccccc2-c2ccccc21. The molecule has 1 aromatic heterocycles. The molecule has 2 aliphatic rings. The molecule has 1 spiro atoms. The zero-order chi connectivity index (χ0) is 38.6. The molecule has 2 heterocycles. The van der Waals surface area contributed by atoms with Crippen LogP contribution in [-0.4, -0.2) is 15.0 Å². The summed E-state index contributed by atoms with van der Waals surface area (Å²) in [5, 5.41) is 9.92. The van der Waals surface area contributed by atoms with Gasteiger partial charge in [-0.2, -0.15) is 5.26 Å². The molecule has 9 aromatic rings. The Kier molecular flexibility index (Phi) is 7.70. The molecule has 8 aromatic carbocycles. The van der Waals surface area contributed by atoms with E-state index in [1.165, 1.54) is 22.3 Å². The summed E-state index contributed by atoms with van der Waals surface area (Å²) in [6.07, 6.45) is 0. The minimum Gasteiger partial charge on any atom is -0.457 e. The van der Waals surface area contributed by atoms with Crippen molar-refractivity contribution in [3.05, 3.63) is 222 Å². The predicted molar refractivity (Wildman–Crippen MR) is 229 cm³/mol. The summed E-state index contributed by atoms with van der Waals surface area (Å²) in [5.74, 6) is 3.24.